The molecule has 0 spiro atoms. The number of ketones is 2. The Hall–Kier alpha value is -4.58. The Balaban J connectivity index is 0.000000204. The molecule has 0 N–H and O–H groups in total. The SMILES string of the molecule is COC(=O)c1ccc(-c2cc(OC)ccc2F)c(C(=O)C2CC2)c1.COC(=O)c1ccc(OS(C)(=O)=O)c(C(=O)C2CC2)c1. The summed E-state index contributed by atoms with van der Waals surface area (Å²) in [5.41, 5.74) is 1.62. The number of benzene rings is 3. The first-order valence-electron chi connectivity index (χ1n) is 13.6. The van der Waals surface area contributed by atoms with Gasteiger partial charge in [0.25, 0.3) is 0 Å². The van der Waals surface area contributed by atoms with Crippen LogP contribution in [0.3, 0.4) is 0 Å². The third-order valence-electron chi connectivity index (χ3n) is 6.97. The van der Waals surface area contributed by atoms with Gasteiger partial charge in [0.05, 0.1) is 44.3 Å². The van der Waals surface area contributed by atoms with E-state index in [4.69, 9.17) is 13.7 Å². The smallest absolute Gasteiger partial charge is 0.337 e. The second kappa shape index (κ2) is 13.4. The molecular formula is C32H31FO10S. The number of ether oxygens (including phenoxy) is 3. The molecule has 0 atom stereocenters. The van der Waals surface area contributed by atoms with E-state index >= 15 is 0 Å². The van der Waals surface area contributed by atoms with Gasteiger partial charge >= 0.3 is 22.1 Å². The average Bonchev–Trinajstić information content (AvgIpc) is 3.93. The Morgan fingerprint density at radius 1 is 0.705 bits per heavy atom. The molecule has 0 aromatic heterocycles. The zero-order valence-electron chi connectivity index (χ0n) is 24.5. The molecule has 2 fully saturated rings. The van der Waals surface area contributed by atoms with Crippen LogP contribution in [0.15, 0.2) is 54.6 Å². The summed E-state index contributed by atoms with van der Waals surface area (Å²) in [6, 6.07) is 12.9. The summed E-state index contributed by atoms with van der Waals surface area (Å²) in [5, 5.41) is 0. The van der Waals surface area contributed by atoms with Crippen LogP contribution in [0.4, 0.5) is 4.39 Å². The van der Waals surface area contributed by atoms with E-state index in [-0.39, 0.29) is 51.4 Å². The summed E-state index contributed by atoms with van der Waals surface area (Å²) in [6.07, 6.45) is 4.06. The molecule has 0 unspecified atom stereocenters. The monoisotopic (exact) mass is 626 g/mol. The zero-order valence-corrected chi connectivity index (χ0v) is 25.4. The van der Waals surface area contributed by atoms with E-state index in [9.17, 15) is 32.0 Å². The molecule has 3 aromatic carbocycles. The molecule has 5 rings (SSSR count). The van der Waals surface area contributed by atoms with Crippen LogP contribution in [0.2, 0.25) is 0 Å². The number of carbonyl (C=O) groups is 4. The lowest BCUT2D eigenvalue weighted by Crippen LogP contribution is -2.12. The summed E-state index contributed by atoms with van der Waals surface area (Å²) < 4.78 is 56.0. The van der Waals surface area contributed by atoms with Gasteiger partial charge in [0, 0.05) is 23.0 Å². The lowest BCUT2D eigenvalue weighted by atomic mass is 9.93. The first-order valence-corrected chi connectivity index (χ1v) is 15.4. The number of hydrogen-bond acceptors (Lipinski definition) is 10. The van der Waals surface area contributed by atoms with Gasteiger partial charge in [-0.25, -0.2) is 14.0 Å². The van der Waals surface area contributed by atoms with Crippen molar-refractivity contribution in [3.05, 3.63) is 82.7 Å². The topological polar surface area (TPSA) is 139 Å². The van der Waals surface area contributed by atoms with Crippen LogP contribution >= 0.6 is 0 Å². The van der Waals surface area contributed by atoms with Crippen molar-refractivity contribution in [2.75, 3.05) is 27.6 Å². The molecule has 3 aromatic rings. The molecule has 2 aliphatic rings. The molecule has 0 radical (unpaired) electrons. The lowest BCUT2D eigenvalue weighted by molar-refractivity contribution is 0.0591. The highest BCUT2D eigenvalue weighted by Crippen LogP contribution is 2.38. The van der Waals surface area contributed by atoms with Gasteiger partial charge in [-0.1, -0.05) is 6.07 Å². The molecule has 44 heavy (non-hydrogen) atoms. The molecule has 10 nitrogen and oxygen atoms in total. The molecular weight excluding hydrogens is 595 g/mol. The number of halogens is 1. The van der Waals surface area contributed by atoms with Crippen LogP contribution in [0.25, 0.3) is 11.1 Å². The van der Waals surface area contributed by atoms with E-state index in [0.29, 0.717) is 16.9 Å². The second-order valence-electron chi connectivity index (χ2n) is 10.4. The van der Waals surface area contributed by atoms with E-state index in [1.54, 1.807) is 12.1 Å². The Morgan fingerprint density at radius 2 is 1.23 bits per heavy atom. The van der Waals surface area contributed by atoms with Crippen LogP contribution < -0.4 is 8.92 Å². The molecule has 2 aliphatic carbocycles. The summed E-state index contributed by atoms with van der Waals surface area (Å²) in [7, 11) is 0.254. The van der Waals surface area contributed by atoms with Gasteiger partial charge in [-0.2, -0.15) is 8.42 Å². The number of Topliss-reactive ketones (excluding diaryl/α,β-unsaturated/α-hetero) is 2. The van der Waals surface area contributed by atoms with E-state index in [2.05, 4.69) is 4.74 Å². The third-order valence-corrected chi connectivity index (χ3v) is 7.46. The first kappa shape index (κ1) is 32.3. The van der Waals surface area contributed by atoms with Crippen molar-refractivity contribution in [3.63, 3.8) is 0 Å². The van der Waals surface area contributed by atoms with Gasteiger partial charge in [-0.05, 0) is 79.8 Å². The third kappa shape index (κ3) is 7.87. The number of carbonyl (C=O) groups excluding carboxylic acids is 4. The number of hydrogen-bond donors (Lipinski definition) is 0. The van der Waals surface area contributed by atoms with Crippen molar-refractivity contribution in [2.24, 2.45) is 11.8 Å². The molecule has 0 amide bonds. The Labute approximate surface area is 254 Å². The van der Waals surface area contributed by atoms with Crippen molar-refractivity contribution in [1.29, 1.82) is 0 Å². The molecule has 0 aliphatic heterocycles. The van der Waals surface area contributed by atoms with Crippen LogP contribution in [-0.4, -0.2) is 59.5 Å². The molecule has 2 saturated carbocycles. The van der Waals surface area contributed by atoms with Gasteiger partial charge < -0.3 is 18.4 Å². The van der Waals surface area contributed by atoms with E-state index in [1.807, 2.05) is 0 Å². The normalized spacial score (nSPS) is 14.0. The summed E-state index contributed by atoms with van der Waals surface area (Å²) in [5.74, 6) is -1.60. The first-order chi connectivity index (χ1) is 20.9. The fourth-order valence-corrected chi connectivity index (χ4v) is 4.87. The van der Waals surface area contributed by atoms with E-state index in [0.717, 1.165) is 31.9 Å². The van der Waals surface area contributed by atoms with Crippen LogP contribution in [0.1, 0.15) is 67.1 Å². The average molecular weight is 627 g/mol. The zero-order chi connectivity index (χ0) is 32.2. The Bertz CT molecular complexity index is 1720. The summed E-state index contributed by atoms with van der Waals surface area (Å²) in [4.78, 5) is 48.0. The molecule has 232 valence electrons. The fraction of sp³-hybridized carbons (Fsp3) is 0.312. The molecule has 12 heteroatoms. The predicted octanol–water partition coefficient (Wildman–Crippen LogP) is 5.28. The molecule has 0 bridgehead atoms. The van der Waals surface area contributed by atoms with Gasteiger partial charge in [0.2, 0.25) is 0 Å². The fourth-order valence-electron chi connectivity index (χ4n) is 4.40. The predicted molar refractivity (Wildman–Crippen MR) is 157 cm³/mol. The minimum absolute atomic E-state index is 0.0506. The standard InChI is InChI=1S/C19H17FO4.C13H14O6S/c1-23-13-6-8-17(20)15(10-13)14-7-5-12(19(22)24-2)9-16(14)18(21)11-3-4-11;1-18-13(15)9-5-6-11(19-20(2,16)17)10(7-9)12(14)8-3-4-8/h5-11H,3-4H2,1-2H3;5-8H,3-4H2,1-2H3. The highest BCUT2D eigenvalue weighted by molar-refractivity contribution is 7.86. The number of methoxy groups -OCH3 is 3. The molecule has 0 heterocycles. The van der Waals surface area contributed by atoms with Crippen molar-refractivity contribution >= 4 is 33.6 Å². The number of esters is 2. The summed E-state index contributed by atoms with van der Waals surface area (Å²) >= 11 is 0. The van der Waals surface area contributed by atoms with Crippen molar-refractivity contribution in [1.82, 2.24) is 0 Å². The quantitative estimate of drug-likeness (QED) is 0.166. The maximum Gasteiger partial charge on any atom is 0.337 e. The maximum absolute atomic E-state index is 14.3. The van der Waals surface area contributed by atoms with Crippen molar-refractivity contribution in [3.8, 4) is 22.6 Å². The van der Waals surface area contributed by atoms with Gasteiger partial charge in [0.1, 0.15) is 11.6 Å². The highest BCUT2D eigenvalue weighted by atomic mass is 32.2. The van der Waals surface area contributed by atoms with Crippen LogP contribution in [-0.2, 0) is 19.6 Å². The maximum atomic E-state index is 14.3. The van der Waals surface area contributed by atoms with Crippen LogP contribution in [0.5, 0.6) is 11.5 Å². The van der Waals surface area contributed by atoms with Gasteiger partial charge in [-0.3, -0.25) is 9.59 Å². The van der Waals surface area contributed by atoms with Gasteiger partial charge in [0.15, 0.2) is 17.3 Å². The minimum Gasteiger partial charge on any atom is -0.497 e. The Morgan fingerprint density at radius 3 is 1.73 bits per heavy atom. The van der Waals surface area contributed by atoms with Crippen LogP contribution in [0, 0.1) is 17.7 Å². The molecule has 0 saturated heterocycles. The second-order valence-corrected chi connectivity index (χ2v) is 11.9. The van der Waals surface area contributed by atoms with Crippen molar-refractivity contribution in [2.45, 2.75) is 25.7 Å². The summed E-state index contributed by atoms with van der Waals surface area (Å²) in [6.45, 7) is 0. The van der Waals surface area contributed by atoms with E-state index in [1.165, 1.54) is 63.8 Å². The van der Waals surface area contributed by atoms with E-state index < -0.39 is 27.9 Å². The largest absolute Gasteiger partial charge is 0.497 e. The lowest BCUT2D eigenvalue weighted by Gasteiger charge is -2.12. The Kier molecular flexibility index (Phi) is 9.83. The van der Waals surface area contributed by atoms with Crippen molar-refractivity contribution < 1.29 is 50.4 Å². The number of rotatable bonds is 10. The minimum atomic E-state index is -3.75. The highest BCUT2D eigenvalue weighted by Gasteiger charge is 2.34. The van der Waals surface area contributed by atoms with Gasteiger partial charge in [-0.15, -0.1) is 0 Å².